The molecule has 0 radical (unpaired) electrons. The Bertz CT molecular complexity index is 873. The zero-order valence-corrected chi connectivity index (χ0v) is 16.6. The number of anilines is 1. The number of nitrogens with one attached hydrogen (secondary N) is 1. The van der Waals surface area contributed by atoms with E-state index in [1.54, 1.807) is 6.08 Å². The van der Waals surface area contributed by atoms with Gasteiger partial charge in [0.1, 0.15) is 0 Å². The Kier molecular flexibility index (Phi) is 5.53. The molecule has 1 saturated carbocycles. The van der Waals surface area contributed by atoms with E-state index in [1.165, 1.54) is 4.90 Å². The molecular weight excluding hydrogens is 368 g/mol. The first kappa shape index (κ1) is 18.8. The number of thioether (sulfide) groups is 1. The van der Waals surface area contributed by atoms with E-state index >= 15 is 0 Å². The number of amides is 2. The summed E-state index contributed by atoms with van der Waals surface area (Å²) < 4.78 is 0.148. The van der Waals surface area contributed by atoms with Crippen LogP contribution in [0.3, 0.4) is 0 Å². The fraction of sp³-hybridized carbons (Fsp3) is 0.304. The van der Waals surface area contributed by atoms with Crippen molar-refractivity contribution in [1.29, 1.82) is 0 Å². The molecule has 0 bridgehead atoms. The number of carbonyl (C=O) groups excluding carboxylic acids is 2. The van der Waals surface area contributed by atoms with Crippen LogP contribution in [-0.2, 0) is 9.59 Å². The predicted octanol–water partition coefficient (Wildman–Crippen LogP) is 4.27. The molecule has 4 rings (SSSR count). The van der Waals surface area contributed by atoms with Crippen LogP contribution in [0.5, 0.6) is 0 Å². The zero-order chi connectivity index (χ0) is 19.4. The number of hydrogen-bond donors (Lipinski definition) is 1. The van der Waals surface area contributed by atoms with Crippen molar-refractivity contribution in [2.24, 2.45) is 0 Å². The molecule has 144 valence electrons. The Balaban J connectivity index is 1.28. The molecule has 1 aliphatic carbocycles. The van der Waals surface area contributed by atoms with Gasteiger partial charge in [0.15, 0.2) is 0 Å². The molecule has 2 aromatic rings. The Hall–Kier alpha value is -2.53. The molecule has 1 saturated heterocycles. The van der Waals surface area contributed by atoms with Gasteiger partial charge in [-0.3, -0.25) is 9.59 Å². The fourth-order valence-corrected chi connectivity index (χ4v) is 4.60. The first-order valence-electron chi connectivity index (χ1n) is 9.74. The molecule has 2 fully saturated rings. The van der Waals surface area contributed by atoms with Crippen molar-refractivity contribution in [2.75, 3.05) is 18.0 Å². The van der Waals surface area contributed by atoms with Crippen molar-refractivity contribution in [3.63, 3.8) is 0 Å². The van der Waals surface area contributed by atoms with Gasteiger partial charge >= 0.3 is 0 Å². The topological polar surface area (TPSA) is 49.4 Å². The second-order valence-electron chi connectivity index (χ2n) is 7.39. The molecule has 5 heteroatoms. The molecule has 2 aliphatic rings. The van der Waals surface area contributed by atoms with Crippen LogP contribution in [0.4, 0.5) is 5.69 Å². The maximum absolute atomic E-state index is 12.2. The third-order valence-corrected chi connectivity index (χ3v) is 6.67. The monoisotopic (exact) mass is 392 g/mol. The molecule has 1 heterocycles. The maximum atomic E-state index is 12.2. The molecule has 1 N–H and O–H groups in total. The molecule has 1 aliphatic heterocycles. The van der Waals surface area contributed by atoms with E-state index in [4.69, 9.17) is 0 Å². The van der Waals surface area contributed by atoms with E-state index in [2.05, 4.69) is 17.4 Å². The van der Waals surface area contributed by atoms with Crippen molar-refractivity contribution in [3.8, 4) is 0 Å². The van der Waals surface area contributed by atoms with Crippen molar-refractivity contribution >= 4 is 35.3 Å². The van der Waals surface area contributed by atoms with Crippen molar-refractivity contribution in [1.82, 2.24) is 5.32 Å². The van der Waals surface area contributed by atoms with Crippen LogP contribution in [0.25, 0.3) is 6.08 Å². The number of rotatable bonds is 7. The van der Waals surface area contributed by atoms with Crippen molar-refractivity contribution in [3.05, 3.63) is 66.2 Å². The van der Waals surface area contributed by atoms with Gasteiger partial charge in [0.25, 0.3) is 0 Å². The highest BCUT2D eigenvalue weighted by Crippen LogP contribution is 2.51. The van der Waals surface area contributed by atoms with Gasteiger partial charge in [-0.15, -0.1) is 11.8 Å². The quantitative estimate of drug-likeness (QED) is 0.716. The summed E-state index contributed by atoms with van der Waals surface area (Å²) in [5.74, 6) is 0.115. The average Bonchev–Trinajstić information content (AvgIpc) is 3.35. The van der Waals surface area contributed by atoms with Crippen LogP contribution in [0.15, 0.2) is 65.6 Å². The van der Waals surface area contributed by atoms with Gasteiger partial charge in [-0.25, -0.2) is 0 Å². The molecular formula is C23H24N2O2S. The van der Waals surface area contributed by atoms with Crippen LogP contribution >= 0.6 is 11.8 Å². The van der Waals surface area contributed by atoms with Gasteiger partial charge in [0.05, 0.1) is 0 Å². The van der Waals surface area contributed by atoms with E-state index in [1.807, 2.05) is 65.2 Å². The third-order valence-electron chi connectivity index (χ3n) is 5.18. The van der Waals surface area contributed by atoms with Gasteiger partial charge < -0.3 is 10.2 Å². The highest BCUT2D eigenvalue weighted by Gasteiger charge is 2.43. The van der Waals surface area contributed by atoms with Crippen LogP contribution in [-0.4, -0.2) is 29.7 Å². The Labute approximate surface area is 170 Å². The van der Waals surface area contributed by atoms with Crippen LogP contribution in [0.2, 0.25) is 0 Å². The first-order chi connectivity index (χ1) is 13.6. The Morgan fingerprint density at radius 2 is 1.86 bits per heavy atom. The van der Waals surface area contributed by atoms with E-state index in [9.17, 15) is 9.59 Å². The summed E-state index contributed by atoms with van der Waals surface area (Å²) in [5, 5.41) is 3.04. The fourth-order valence-electron chi connectivity index (χ4n) is 3.36. The summed E-state index contributed by atoms with van der Waals surface area (Å²) in [5.41, 5.74) is 1.88. The zero-order valence-electron chi connectivity index (χ0n) is 15.8. The minimum absolute atomic E-state index is 0.0706. The molecule has 0 unspecified atom stereocenters. The normalized spacial score (nSPS) is 17.9. The van der Waals surface area contributed by atoms with Crippen molar-refractivity contribution < 1.29 is 9.59 Å². The van der Waals surface area contributed by atoms with Gasteiger partial charge in [-0.2, -0.15) is 0 Å². The van der Waals surface area contributed by atoms with Gasteiger partial charge in [-0.05, 0) is 55.2 Å². The lowest BCUT2D eigenvalue weighted by Crippen LogP contribution is -2.30. The number of carbonyl (C=O) groups is 2. The lowest BCUT2D eigenvalue weighted by molar-refractivity contribution is -0.117. The Morgan fingerprint density at radius 3 is 2.50 bits per heavy atom. The van der Waals surface area contributed by atoms with E-state index in [0.717, 1.165) is 37.1 Å². The summed E-state index contributed by atoms with van der Waals surface area (Å²) in [6.45, 7) is 1.48. The third kappa shape index (κ3) is 4.65. The summed E-state index contributed by atoms with van der Waals surface area (Å²) in [6.07, 6.45) is 7.21. The number of hydrogen-bond acceptors (Lipinski definition) is 3. The number of benzene rings is 2. The molecule has 28 heavy (non-hydrogen) atoms. The molecule has 0 atom stereocenters. The second-order valence-corrected chi connectivity index (χ2v) is 8.93. The lowest BCUT2D eigenvalue weighted by atomic mass is 10.2. The van der Waals surface area contributed by atoms with Gasteiger partial charge in [0, 0.05) is 40.9 Å². The SMILES string of the molecule is O=C(C=Cc1ccc(N2CCCC2=O)cc1)NCC1(Sc2ccccc2)CC1. The van der Waals surface area contributed by atoms with Crippen molar-refractivity contribution in [2.45, 2.75) is 35.3 Å². The minimum Gasteiger partial charge on any atom is -0.351 e. The second kappa shape index (κ2) is 8.23. The first-order valence-corrected chi connectivity index (χ1v) is 10.6. The summed E-state index contributed by atoms with van der Waals surface area (Å²) in [6, 6.07) is 18.1. The molecule has 0 spiro atoms. The predicted molar refractivity (Wildman–Crippen MR) is 114 cm³/mol. The van der Waals surface area contributed by atoms with Crippen LogP contribution in [0.1, 0.15) is 31.2 Å². The molecule has 2 amide bonds. The summed E-state index contributed by atoms with van der Waals surface area (Å²) >= 11 is 1.86. The standard InChI is InChI=1S/C23H24N2O2S/c26-21(24-17-23(14-15-23)28-20-5-2-1-3-6-20)13-10-18-8-11-19(12-9-18)25-16-4-7-22(25)27/h1-3,5-6,8-13H,4,7,14-17H2,(H,24,26). The van der Waals surface area contributed by atoms with Gasteiger partial charge in [0.2, 0.25) is 11.8 Å². The van der Waals surface area contributed by atoms with E-state index in [0.29, 0.717) is 13.0 Å². The smallest absolute Gasteiger partial charge is 0.244 e. The highest BCUT2D eigenvalue weighted by atomic mass is 32.2. The maximum Gasteiger partial charge on any atom is 0.244 e. The van der Waals surface area contributed by atoms with Crippen LogP contribution < -0.4 is 10.2 Å². The van der Waals surface area contributed by atoms with Crippen LogP contribution in [0, 0.1) is 0 Å². The largest absolute Gasteiger partial charge is 0.351 e. The lowest BCUT2D eigenvalue weighted by Gasteiger charge is -2.15. The highest BCUT2D eigenvalue weighted by molar-refractivity contribution is 8.01. The number of nitrogens with zero attached hydrogens (tertiary/aromatic N) is 1. The average molecular weight is 393 g/mol. The summed E-state index contributed by atoms with van der Waals surface area (Å²) in [7, 11) is 0. The Morgan fingerprint density at radius 1 is 1.11 bits per heavy atom. The molecule has 0 aromatic heterocycles. The van der Waals surface area contributed by atoms with E-state index < -0.39 is 0 Å². The van der Waals surface area contributed by atoms with Gasteiger partial charge in [-0.1, -0.05) is 30.3 Å². The minimum atomic E-state index is -0.0706. The summed E-state index contributed by atoms with van der Waals surface area (Å²) in [4.78, 5) is 27.1. The molecule has 4 nitrogen and oxygen atoms in total. The molecule has 2 aromatic carbocycles. The van der Waals surface area contributed by atoms with E-state index in [-0.39, 0.29) is 16.6 Å².